The Morgan fingerprint density at radius 1 is 1.10 bits per heavy atom. The molecule has 0 unspecified atom stereocenters. The number of H-pyrrole nitrogens is 1. The normalized spacial score (nSPS) is 12.2. The highest BCUT2D eigenvalue weighted by atomic mass is 32.2. The highest BCUT2D eigenvalue weighted by molar-refractivity contribution is 7.92. The number of aromatic nitrogens is 2. The fourth-order valence-electron chi connectivity index (χ4n) is 1.50. The van der Waals surface area contributed by atoms with Gasteiger partial charge in [-0.2, -0.15) is 13.5 Å². The molecule has 0 radical (unpaired) electrons. The molecule has 1 aromatic carbocycles. The Bertz CT molecular complexity index is 779. The van der Waals surface area contributed by atoms with E-state index in [1.807, 2.05) is 0 Å². The zero-order valence-electron chi connectivity index (χ0n) is 10.6. The highest BCUT2D eigenvalue weighted by Gasteiger charge is 2.16. The van der Waals surface area contributed by atoms with Gasteiger partial charge in [-0.1, -0.05) is 6.92 Å². The van der Waals surface area contributed by atoms with Gasteiger partial charge in [0.2, 0.25) is 0 Å². The van der Waals surface area contributed by atoms with E-state index in [9.17, 15) is 16.8 Å². The van der Waals surface area contributed by atoms with Crippen LogP contribution in [0.25, 0.3) is 0 Å². The van der Waals surface area contributed by atoms with Crippen LogP contribution in [0.15, 0.2) is 46.5 Å². The molecule has 0 aliphatic rings. The third kappa shape index (κ3) is 2.99. The third-order valence-corrected chi connectivity index (χ3v) is 5.67. The van der Waals surface area contributed by atoms with Crippen molar-refractivity contribution in [3.63, 3.8) is 0 Å². The zero-order chi connectivity index (χ0) is 14.8. The summed E-state index contributed by atoms with van der Waals surface area (Å²) in [4.78, 5) is 0.157. The lowest BCUT2D eigenvalue weighted by molar-refractivity contribution is 0.596. The monoisotopic (exact) mass is 315 g/mol. The summed E-state index contributed by atoms with van der Waals surface area (Å²) in [5.74, 6) is -0.00772. The average Bonchev–Trinajstić information content (AvgIpc) is 2.93. The Kier molecular flexibility index (Phi) is 3.82. The van der Waals surface area contributed by atoms with Gasteiger partial charge in [0.25, 0.3) is 10.0 Å². The zero-order valence-corrected chi connectivity index (χ0v) is 12.2. The van der Waals surface area contributed by atoms with Gasteiger partial charge >= 0.3 is 0 Å². The van der Waals surface area contributed by atoms with E-state index in [4.69, 9.17) is 0 Å². The topological polar surface area (TPSA) is 109 Å². The summed E-state index contributed by atoms with van der Waals surface area (Å²) < 4.78 is 49.4. The number of rotatable bonds is 5. The second kappa shape index (κ2) is 5.25. The summed E-state index contributed by atoms with van der Waals surface area (Å²) in [7, 11) is -7.04. The van der Waals surface area contributed by atoms with Gasteiger partial charge in [-0.15, -0.1) is 0 Å². The Balaban J connectivity index is 2.25. The molecule has 0 atom stereocenters. The van der Waals surface area contributed by atoms with E-state index in [0.29, 0.717) is 0 Å². The first-order valence-corrected chi connectivity index (χ1v) is 8.84. The predicted molar refractivity (Wildman–Crippen MR) is 73.6 cm³/mol. The standard InChI is InChI=1S/C11H13N3O4S2/c1-2-19(15,16)10-5-3-9(4-6-10)14-20(17,18)11-7-8-12-13-11/h3-8,14H,2H2,1H3,(H,12,13). The van der Waals surface area contributed by atoms with Crippen molar-refractivity contribution in [2.75, 3.05) is 10.5 Å². The first kappa shape index (κ1) is 14.5. The van der Waals surface area contributed by atoms with Gasteiger partial charge in [-0.05, 0) is 30.3 Å². The SMILES string of the molecule is CCS(=O)(=O)c1ccc(NS(=O)(=O)c2ccn[nH]2)cc1. The number of anilines is 1. The van der Waals surface area contributed by atoms with Crippen LogP contribution < -0.4 is 4.72 Å². The van der Waals surface area contributed by atoms with E-state index >= 15 is 0 Å². The second-order valence-electron chi connectivity index (χ2n) is 3.95. The van der Waals surface area contributed by atoms with Crippen molar-refractivity contribution in [2.24, 2.45) is 0 Å². The van der Waals surface area contributed by atoms with Crippen LogP contribution in [-0.2, 0) is 19.9 Å². The number of sulfonamides is 1. The van der Waals surface area contributed by atoms with E-state index in [-0.39, 0.29) is 21.4 Å². The molecule has 0 saturated carbocycles. The van der Waals surface area contributed by atoms with Crippen LogP contribution in [0.5, 0.6) is 0 Å². The van der Waals surface area contributed by atoms with E-state index in [1.165, 1.54) is 36.5 Å². The summed E-state index contributed by atoms with van der Waals surface area (Å²) in [5.41, 5.74) is 0.273. The molecular formula is C11H13N3O4S2. The molecule has 7 nitrogen and oxygen atoms in total. The number of benzene rings is 1. The maximum atomic E-state index is 11.9. The number of hydrogen-bond acceptors (Lipinski definition) is 5. The lowest BCUT2D eigenvalue weighted by atomic mass is 10.3. The minimum Gasteiger partial charge on any atom is -0.278 e. The van der Waals surface area contributed by atoms with E-state index < -0.39 is 19.9 Å². The summed E-state index contributed by atoms with van der Waals surface area (Å²) in [6, 6.07) is 6.85. The summed E-state index contributed by atoms with van der Waals surface area (Å²) in [6.07, 6.45) is 1.32. The van der Waals surface area contributed by atoms with Crippen molar-refractivity contribution in [2.45, 2.75) is 16.8 Å². The minimum atomic E-state index is -3.74. The van der Waals surface area contributed by atoms with Crippen LogP contribution in [0.2, 0.25) is 0 Å². The molecule has 108 valence electrons. The van der Waals surface area contributed by atoms with Gasteiger partial charge < -0.3 is 0 Å². The number of nitrogens with one attached hydrogen (secondary N) is 2. The fraction of sp³-hybridized carbons (Fsp3) is 0.182. The van der Waals surface area contributed by atoms with Gasteiger partial charge in [0.1, 0.15) is 0 Å². The smallest absolute Gasteiger partial charge is 0.278 e. The van der Waals surface area contributed by atoms with Crippen molar-refractivity contribution in [3.8, 4) is 0 Å². The van der Waals surface area contributed by atoms with Crippen LogP contribution in [0.3, 0.4) is 0 Å². The Morgan fingerprint density at radius 2 is 1.75 bits per heavy atom. The molecule has 0 fully saturated rings. The Hall–Kier alpha value is -1.87. The van der Waals surface area contributed by atoms with Gasteiger partial charge in [-0.25, -0.2) is 8.42 Å². The highest BCUT2D eigenvalue weighted by Crippen LogP contribution is 2.18. The molecule has 9 heteroatoms. The van der Waals surface area contributed by atoms with Crippen LogP contribution in [0.4, 0.5) is 5.69 Å². The molecule has 0 aliphatic carbocycles. The first-order valence-electron chi connectivity index (χ1n) is 5.70. The van der Waals surface area contributed by atoms with E-state index in [0.717, 1.165) is 0 Å². The van der Waals surface area contributed by atoms with Crippen molar-refractivity contribution >= 4 is 25.5 Å². The van der Waals surface area contributed by atoms with Crippen LogP contribution in [0.1, 0.15) is 6.92 Å². The molecule has 0 bridgehead atoms. The molecule has 0 saturated heterocycles. The molecule has 20 heavy (non-hydrogen) atoms. The average molecular weight is 315 g/mol. The van der Waals surface area contributed by atoms with Gasteiger partial charge in [0.05, 0.1) is 16.8 Å². The molecule has 1 heterocycles. The second-order valence-corrected chi connectivity index (χ2v) is 7.88. The maximum Gasteiger partial charge on any atom is 0.278 e. The first-order chi connectivity index (χ1) is 9.35. The predicted octanol–water partition coefficient (Wildman–Crippen LogP) is 1.00. The van der Waals surface area contributed by atoms with Crippen LogP contribution in [0, 0.1) is 0 Å². The van der Waals surface area contributed by atoms with E-state index in [1.54, 1.807) is 6.92 Å². The molecule has 0 aliphatic heterocycles. The third-order valence-electron chi connectivity index (χ3n) is 2.61. The largest absolute Gasteiger partial charge is 0.278 e. The number of hydrogen-bond donors (Lipinski definition) is 2. The molecule has 2 N–H and O–H groups in total. The van der Waals surface area contributed by atoms with Crippen molar-refractivity contribution in [1.82, 2.24) is 10.2 Å². The summed E-state index contributed by atoms with van der Waals surface area (Å²) >= 11 is 0. The van der Waals surface area contributed by atoms with E-state index in [2.05, 4.69) is 14.9 Å². The number of nitrogens with zero attached hydrogens (tertiary/aromatic N) is 1. The van der Waals surface area contributed by atoms with Gasteiger partial charge in [0, 0.05) is 5.69 Å². The number of aromatic amines is 1. The van der Waals surface area contributed by atoms with Gasteiger partial charge in [0.15, 0.2) is 14.9 Å². The molecule has 0 amide bonds. The molecular weight excluding hydrogens is 302 g/mol. The van der Waals surface area contributed by atoms with Crippen molar-refractivity contribution < 1.29 is 16.8 Å². The minimum absolute atomic E-state index is 0.00772. The Labute approximate surface area is 117 Å². The lowest BCUT2D eigenvalue weighted by Gasteiger charge is -2.07. The lowest BCUT2D eigenvalue weighted by Crippen LogP contribution is -2.13. The number of sulfone groups is 1. The molecule has 2 rings (SSSR count). The van der Waals surface area contributed by atoms with Crippen LogP contribution in [-0.4, -0.2) is 32.8 Å². The molecule has 1 aromatic heterocycles. The maximum absolute atomic E-state index is 11.9. The Morgan fingerprint density at radius 3 is 2.25 bits per heavy atom. The van der Waals surface area contributed by atoms with Gasteiger partial charge in [-0.3, -0.25) is 9.82 Å². The van der Waals surface area contributed by atoms with Crippen molar-refractivity contribution in [1.29, 1.82) is 0 Å². The molecule has 2 aromatic rings. The van der Waals surface area contributed by atoms with Crippen LogP contribution >= 0.6 is 0 Å². The summed E-state index contributed by atoms with van der Waals surface area (Å²) in [5, 5.41) is 5.84. The van der Waals surface area contributed by atoms with Crippen molar-refractivity contribution in [3.05, 3.63) is 36.5 Å². The quantitative estimate of drug-likeness (QED) is 0.855. The summed E-state index contributed by atoms with van der Waals surface area (Å²) in [6.45, 7) is 1.55. The fourth-order valence-corrected chi connectivity index (χ4v) is 3.35. The molecule has 0 spiro atoms.